The number of nitrogens with one attached hydrogen (secondary N) is 1. The summed E-state index contributed by atoms with van der Waals surface area (Å²) in [5.41, 5.74) is 0.883. The minimum atomic E-state index is -0.953. The van der Waals surface area contributed by atoms with Gasteiger partial charge in [-0.25, -0.2) is 0 Å². The van der Waals surface area contributed by atoms with Gasteiger partial charge in [0.15, 0.2) is 5.78 Å². The van der Waals surface area contributed by atoms with Crippen molar-refractivity contribution in [2.75, 3.05) is 52.8 Å². The Balaban J connectivity index is 1.25. The number of thioether (sulfide) groups is 1. The molecule has 3 aliphatic heterocycles. The summed E-state index contributed by atoms with van der Waals surface area (Å²) in [6, 6.07) is 7.38. The lowest BCUT2D eigenvalue weighted by molar-refractivity contribution is -0.141. The number of fused-ring (bicyclic) bond motifs is 1. The number of methoxy groups -OCH3 is 1. The second-order valence-corrected chi connectivity index (χ2v) is 12.0. The summed E-state index contributed by atoms with van der Waals surface area (Å²) in [7, 11) is 1.74. The summed E-state index contributed by atoms with van der Waals surface area (Å²) in [4.78, 5) is 44.0. The highest BCUT2D eigenvalue weighted by Gasteiger charge is 2.56. The fraction of sp³-hybridized carbons (Fsp3) is 0.679. The molecule has 5 rings (SSSR count). The maximum absolute atomic E-state index is 13.9. The fourth-order valence-electron chi connectivity index (χ4n) is 6.58. The molecule has 1 aromatic rings. The molecule has 3 atom stereocenters. The van der Waals surface area contributed by atoms with Crippen molar-refractivity contribution in [2.45, 2.75) is 67.4 Å². The van der Waals surface area contributed by atoms with Gasteiger partial charge in [0.05, 0.1) is 18.0 Å². The Bertz CT molecular complexity index is 988. The maximum Gasteiger partial charge on any atom is 0.252 e. The number of likely N-dealkylation sites (tertiary alicyclic amines) is 2. The van der Waals surface area contributed by atoms with Crippen molar-refractivity contribution in [3.63, 3.8) is 0 Å². The van der Waals surface area contributed by atoms with E-state index in [-0.39, 0.29) is 35.6 Å². The molecule has 1 saturated carbocycles. The van der Waals surface area contributed by atoms with E-state index < -0.39 is 11.6 Å². The molecule has 0 aromatic heterocycles. The number of carbonyl (C=O) groups excluding carboxylic acids is 3. The van der Waals surface area contributed by atoms with E-state index in [0.717, 1.165) is 51.9 Å². The van der Waals surface area contributed by atoms with Crippen LogP contribution in [0.1, 0.15) is 60.4 Å². The molecule has 3 saturated heterocycles. The van der Waals surface area contributed by atoms with Crippen LogP contribution in [-0.4, -0.2) is 103 Å². The van der Waals surface area contributed by atoms with Crippen LogP contribution in [0.25, 0.3) is 0 Å². The molecule has 1 aliphatic carbocycles. The van der Waals surface area contributed by atoms with Gasteiger partial charge in [-0.3, -0.25) is 14.4 Å². The third-order valence-electron chi connectivity index (χ3n) is 8.76. The summed E-state index contributed by atoms with van der Waals surface area (Å²) >= 11 is 1.63. The van der Waals surface area contributed by atoms with E-state index in [4.69, 9.17) is 9.47 Å². The number of ether oxygens (including phenoxy) is 2. The van der Waals surface area contributed by atoms with Crippen molar-refractivity contribution < 1.29 is 23.9 Å². The van der Waals surface area contributed by atoms with E-state index in [9.17, 15) is 14.4 Å². The van der Waals surface area contributed by atoms with Crippen molar-refractivity contribution in [3.05, 3.63) is 35.4 Å². The summed E-state index contributed by atoms with van der Waals surface area (Å²) in [6.07, 6.45) is 6.91. The van der Waals surface area contributed by atoms with Gasteiger partial charge in [0.25, 0.3) is 5.91 Å². The van der Waals surface area contributed by atoms with Gasteiger partial charge >= 0.3 is 0 Å². The number of piperidine rings is 1. The second kappa shape index (κ2) is 11.4. The van der Waals surface area contributed by atoms with Crippen LogP contribution < -0.4 is 5.32 Å². The Kier molecular flexibility index (Phi) is 8.24. The Morgan fingerprint density at radius 3 is 2.51 bits per heavy atom. The lowest BCUT2D eigenvalue weighted by atomic mass is 9.88. The standard InChI is InChI=1S/C28H39N3O5S/c1-35-16-15-30-13-9-20(10-14-30)19-5-7-21(8-6-19)26(33)29-28(11-3-4-12-28)27(34)31-17-23(37-2)25-24(31)22(32)18-36-25/h5-8,20,23-25H,3-4,9-18H2,1-2H3,(H,29,33)/t23-,24+,25+/m0/s1. The van der Waals surface area contributed by atoms with Crippen LogP contribution >= 0.6 is 11.8 Å². The minimum Gasteiger partial charge on any atom is -0.383 e. The molecule has 4 aliphatic rings. The van der Waals surface area contributed by atoms with Gasteiger partial charge in [0.2, 0.25) is 5.91 Å². The highest BCUT2D eigenvalue weighted by atomic mass is 32.2. The molecular weight excluding hydrogens is 490 g/mol. The van der Waals surface area contributed by atoms with Crippen LogP contribution in [0, 0.1) is 0 Å². The number of hydrogen-bond donors (Lipinski definition) is 1. The van der Waals surface area contributed by atoms with Crippen molar-refractivity contribution >= 4 is 29.4 Å². The highest BCUT2D eigenvalue weighted by molar-refractivity contribution is 7.99. The molecule has 37 heavy (non-hydrogen) atoms. The SMILES string of the molecule is COCCN1CCC(c2ccc(C(=O)NC3(C(=O)N4C[C@H](SC)[C@H]5OCC(=O)[C@H]54)CCCC3)cc2)CC1. The molecule has 202 valence electrons. The van der Waals surface area contributed by atoms with Crippen LogP contribution in [0.15, 0.2) is 24.3 Å². The lowest BCUT2D eigenvalue weighted by Gasteiger charge is -2.35. The number of Topliss-reactive ketones (excluding diaryl/α,β-unsaturated/α-hetero) is 1. The number of rotatable bonds is 8. The van der Waals surface area contributed by atoms with Crippen molar-refractivity contribution in [3.8, 4) is 0 Å². The van der Waals surface area contributed by atoms with Gasteiger partial charge in [-0.1, -0.05) is 25.0 Å². The smallest absolute Gasteiger partial charge is 0.252 e. The molecule has 0 bridgehead atoms. The van der Waals surface area contributed by atoms with Crippen LogP contribution in [-0.2, 0) is 19.1 Å². The number of carbonyl (C=O) groups is 3. The molecule has 8 nitrogen and oxygen atoms in total. The van der Waals surface area contributed by atoms with Crippen LogP contribution in [0.4, 0.5) is 0 Å². The first-order valence-corrected chi connectivity index (χ1v) is 14.9. The van der Waals surface area contributed by atoms with Crippen molar-refractivity contribution in [2.24, 2.45) is 0 Å². The van der Waals surface area contributed by atoms with Crippen LogP contribution in [0.3, 0.4) is 0 Å². The number of amides is 2. The fourth-order valence-corrected chi connectivity index (χ4v) is 7.39. The molecule has 1 N–H and O–H groups in total. The topological polar surface area (TPSA) is 88.2 Å². The quantitative estimate of drug-likeness (QED) is 0.554. The zero-order chi connectivity index (χ0) is 26.0. The molecule has 0 unspecified atom stereocenters. The van der Waals surface area contributed by atoms with Gasteiger partial charge in [-0.2, -0.15) is 11.8 Å². The lowest BCUT2D eigenvalue weighted by Crippen LogP contribution is -2.60. The molecule has 9 heteroatoms. The Labute approximate surface area is 223 Å². The van der Waals surface area contributed by atoms with E-state index in [2.05, 4.69) is 22.3 Å². The molecular formula is C28H39N3O5S. The Hall–Kier alpha value is -1.94. The average molecular weight is 530 g/mol. The molecule has 1 aromatic carbocycles. The van der Waals surface area contributed by atoms with Crippen molar-refractivity contribution in [1.29, 1.82) is 0 Å². The second-order valence-electron chi connectivity index (χ2n) is 10.9. The molecule has 3 heterocycles. The minimum absolute atomic E-state index is 0.0329. The number of hydrogen-bond acceptors (Lipinski definition) is 7. The third-order valence-corrected chi connectivity index (χ3v) is 9.79. The number of ketones is 1. The van der Waals surface area contributed by atoms with E-state index in [1.54, 1.807) is 23.8 Å². The largest absolute Gasteiger partial charge is 0.383 e. The van der Waals surface area contributed by atoms with E-state index in [1.807, 2.05) is 18.4 Å². The summed E-state index contributed by atoms with van der Waals surface area (Å²) in [6.45, 7) is 4.40. The first-order chi connectivity index (χ1) is 18.0. The van der Waals surface area contributed by atoms with E-state index in [0.29, 0.717) is 30.9 Å². The number of benzene rings is 1. The van der Waals surface area contributed by atoms with Gasteiger partial charge in [0, 0.05) is 25.8 Å². The maximum atomic E-state index is 13.9. The zero-order valence-corrected chi connectivity index (χ0v) is 22.8. The van der Waals surface area contributed by atoms with Gasteiger partial charge in [0.1, 0.15) is 18.2 Å². The van der Waals surface area contributed by atoms with Gasteiger partial charge in [-0.15, -0.1) is 0 Å². The first kappa shape index (κ1) is 26.7. The zero-order valence-electron chi connectivity index (χ0n) is 21.9. The molecule has 0 spiro atoms. The van der Waals surface area contributed by atoms with Crippen LogP contribution in [0.5, 0.6) is 0 Å². The highest BCUT2D eigenvalue weighted by Crippen LogP contribution is 2.39. The Morgan fingerprint density at radius 2 is 1.86 bits per heavy atom. The summed E-state index contributed by atoms with van der Waals surface area (Å²) in [5, 5.41) is 3.21. The normalized spacial score (nSPS) is 28.0. The first-order valence-electron chi connectivity index (χ1n) is 13.6. The monoisotopic (exact) mass is 529 g/mol. The van der Waals surface area contributed by atoms with Gasteiger partial charge < -0.3 is 24.6 Å². The van der Waals surface area contributed by atoms with Crippen molar-refractivity contribution in [1.82, 2.24) is 15.1 Å². The Morgan fingerprint density at radius 1 is 1.16 bits per heavy atom. The van der Waals surface area contributed by atoms with Crippen LogP contribution in [0.2, 0.25) is 0 Å². The molecule has 0 radical (unpaired) electrons. The predicted octanol–water partition coefficient (Wildman–Crippen LogP) is 2.47. The molecule has 4 fully saturated rings. The average Bonchev–Trinajstić information content (AvgIpc) is 3.65. The third kappa shape index (κ3) is 5.33. The summed E-state index contributed by atoms with van der Waals surface area (Å²) in [5.74, 6) is 0.120. The predicted molar refractivity (Wildman–Crippen MR) is 143 cm³/mol. The van der Waals surface area contributed by atoms with E-state index >= 15 is 0 Å². The van der Waals surface area contributed by atoms with Gasteiger partial charge in [-0.05, 0) is 68.6 Å². The molecule has 2 amide bonds. The summed E-state index contributed by atoms with van der Waals surface area (Å²) < 4.78 is 10.9. The van der Waals surface area contributed by atoms with E-state index in [1.165, 1.54) is 5.56 Å². The number of nitrogens with zero attached hydrogens (tertiary/aromatic N) is 2.